The summed E-state index contributed by atoms with van der Waals surface area (Å²) in [6.45, 7) is 1.70. The van der Waals surface area contributed by atoms with Gasteiger partial charge in [0.25, 0.3) is 0 Å². The number of pyridine rings is 1. The lowest BCUT2D eigenvalue weighted by Crippen LogP contribution is -2.21. The molecular formula is C25H24ClN5. The van der Waals surface area contributed by atoms with Crippen molar-refractivity contribution in [2.24, 2.45) is 0 Å². The van der Waals surface area contributed by atoms with Crippen molar-refractivity contribution in [2.45, 2.75) is 0 Å². The van der Waals surface area contributed by atoms with E-state index in [0.29, 0.717) is 5.82 Å². The first-order valence-corrected chi connectivity index (χ1v) is 10.5. The number of fused-ring (bicyclic) bond motifs is 1. The Hall–Kier alpha value is -3.28. The highest BCUT2D eigenvalue weighted by Crippen LogP contribution is 2.27. The molecule has 0 saturated heterocycles. The normalized spacial score (nSPS) is 11.5. The van der Waals surface area contributed by atoms with Gasteiger partial charge >= 0.3 is 0 Å². The van der Waals surface area contributed by atoms with E-state index in [9.17, 15) is 0 Å². The summed E-state index contributed by atoms with van der Waals surface area (Å²) in [5.41, 5.74) is 4.17. The van der Waals surface area contributed by atoms with E-state index in [0.717, 1.165) is 51.5 Å². The van der Waals surface area contributed by atoms with Gasteiger partial charge in [0.15, 0.2) is 5.82 Å². The van der Waals surface area contributed by atoms with E-state index in [1.807, 2.05) is 54.6 Å². The van der Waals surface area contributed by atoms with Crippen LogP contribution in [0.2, 0.25) is 5.02 Å². The molecule has 2 aromatic carbocycles. The monoisotopic (exact) mass is 429 g/mol. The predicted molar refractivity (Wildman–Crippen MR) is 130 cm³/mol. The van der Waals surface area contributed by atoms with Crippen LogP contribution in [0.25, 0.3) is 34.2 Å². The molecule has 1 N–H and O–H groups in total. The minimum atomic E-state index is 0.659. The molecule has 4 aromatic rings. The fourth-order valence-corrected chi connectivity index (χ4v) is 3.35. The molecule has 5 nitrogen and oxygen atoms in total. The molecule has 31 heavy (non-hydrogen) atoms. The smallest absolute Gasteiger partial charge is 0.154 e. The summed E-state index contributed by atoms with van der Waals surface area (Å²) in [4.78, 5) is 15.8. The number of rotatable bonds is 7. The standard InChI is InChI=1S/C25H24ClN5/c1-31(2)16-15-28-25-22-17-20(19-11-13-27-14-12-19)6-9-23(22)29-24(30-25)10-5-18-3-7-21(26)8-4-18/h3-14,17H,15-16H2,1-2H3,(H,28,29,30)/b10-5+. The highest BCUT2D eigenvalue weighted by atomic mass is 35.5. The molecule has 2 heterocycles. The maximum absolute atomic E-state index is 5.98. The number of hydrogen-bond acceptors (Lipinski definition) is 5. The SMILES string of the molecule is CN(C)CCNc1nc(/C=C/c2ccc(Cl)cc2)nc2ccc(-c3ccncc3)cc12. The molecular weight excluding hydrogens is 406 g/mol. The molecule has 0 amide bonds. The Labute approximate surface area is 187 Å². The summed E-state index contributed by atoms with van der Waals surface area (Å²) in [6.07, 6.45) is 7.52. The maximum atomic E-state index is 5.98. The molecule has 0 saturated carbocycles. The fourth-order valence-electron chi connectivity index (χ4n) is 3.22. The molecule has 0 aliphatic heterocycles. The number of anilines is 1. The van der Waals surface area contributed by atoms with Crippen LogP contribution in [0.15, 0.2) is 67.0 Å². The number of halogens is 1. The summed E-state index contributed by atoms with van der Waals surface area (Å²) >= 11 is 5.98. The predicted octanol–water partition coefficient (Wildman–Crippen LogP) is 5.49. The van der Waals surface area contributed by atoms with Crippen LogP contribution < -0.4 is 5.32 Å². The van der Waals surface area contributed by atoms with Gasteiger partial charge in [-0.25, -0.2) is 9.97 Å². The van der Waals surface area contributed by atoms with Crippen LogP contribution in [0.3, 0.4) is 0 Å². The number of nitrogens with one attached hydrogen (secondary N) is 1. The second kappa shape index (κ2) is 9.69. The third kappa shape index (κ3) is 5.45. The third-order valence-corrected chi connectivity index (χ3v) is 5.12. The van der Waals surface area contributed by atoms with Crippen LogP contribution >= 0.6 is 11.6 Å². The van der Waals surface area contributed by atoms with Crippen molar-refractivity contribution in [3.8, 4) is 11.1 Å². The average molecular weight is 430 g/mol. The fraction of sp³-hybridized carbons (Fsp3) is 0.160. The van der Waals surface area contributed by atoms with E-state index in [1.165, 1.54) is 0 Å². The highest BCUT2D eigenvalue weighted by molar-refractivity contribution is 6.30. The van der Waals surface area contributed by atoms with Crippen molar-refractivity contribution in [1.82, 2.24) is 19.9 Å². The van der Waals surface area contributed by atoms with Crippen molar-refractivity contribution < 1.29 is 0 Å². The molecule has 4 rings (SSSR count). The zero-order valence-electron chi connectivity index (χ0n) is 17.6. The summed E-state index contributed by atoms with van der Waals surface area (Å²) in [5, 5.41) is 5.20. The lowest BCUT2D eigenvalue weighted by Gasteiger charge is -2.13. The van der Waals surface area contributed by atoms with Crippen molar-refractivity contribution in [3.05, 3.63) is 83.4 Å². The van der Waals surface area contributed by atoms with Gasteiger partial charge in [-0.1, -0.05) is 35.9 Å². The van der Waals surface area contributed by atoms with Gasteiger partial charge in [-0.05, 0) is 73.3 Å². The van der Waals surface area contributed by atoms with Gasteiger partial charge in [0.2, 0.25) is 0 Å². The summed E-state index contributed by atoms with van der Waals surface area (Å²) in [7, 11) is 4.11. The number of likely N-dealkylation sites (N-methyl/N-ethyl adjacent to an activating group) is 1. The van der Waals surface area contributed by atoms with Gasteiger partial charge in [-0.3, -0.25) is 4.98 Å². The molecule has 0 bridgehead atoms. The first-order chi connectivity index (χ1) is 15.1. The Kier molecular flexibility index (Phi) is 6.55. The summed E-state index contributed by atoms with van der Waals surface area (Å²) in [5.74, 6) is 1.49. The van der Waals surface area contributed by atoms with E-state index < -0.39 is 0 Å². The van der Waals surface area contributed by atoms with Gasteiger partial charge in [0.1, 0.15) is 5.82 Å². The van der Waals surface area contributed by atoms with Crippen molar-refractivity contribution in [1.29, 1.82) is 0 Å². The van der Waals surface area contributed by atoms with E-state index >= 15 is 0 Å². The second-order valence-corrected chi connectivity index (χ2v) is 7.95. The molecule has 6 heteroatoms. The number of benzene rings is 2. The first kappa shape index (κ1) is 21.0. The largest absolute Gasteiger partial charge is 0.368 e. The summed E-state index contributed by atoms with van der Waals surface area (Å²) in [6, 6.07) is 18.0. The molecule has 2 aromatic heterocycles. The average Bonchev–Trinajstić information content (AvgIpc) is 2.79. The molecule has 0 unspecified atom stereocenters. The Morgan fingerprint density at radius 1 is 0.903 bits per heavy atom. The van der Waals surface area contributed by atoms with Crippen LogP contribution in [0.4, 0.5) is 5.82 Å². The Balaban J connectivity index is 1.71. The van der Waals surface area contributed by atoms with E-state index in [4.69, 9.17) is 21.6 Å². The second-order valence-electron chi connectivity index (χ2n) is 7.51. The molecule has 0 aliphatic carbocycles. The Bertz CT molecular complexity index is 1190. The van der Waals surface area contributed by atoms with Crippen molar-refractivity contribution in [3.63, 3.8) is 0 Å². The minimum Gasteiger partial charge on any atom is -0.368 e. The van der Waals surface area contributed by atoms with E-state index in [-0.39, 0.29) is 0 Å². The number of aromatic nitrogens is 3. The molecule has 0 aliphatic rings. The minimum absolute atomic E-state index is 0.659. The van der Waals surface area contributed by atoms with Crippen LogP contribution in [0, 0.1) is 0 Å². The Morgan fingerprint density at radius 2 is 1.68 bits per heavy atom. The van der Waals surface area contributed by atoms with Gasteiger partial charge in [-0.2, -0.15) is 0 Å². The highest BCUT2D eigenvalue weighted by Gasteiger charge is 2.09. The third-order valence-electron chi connectivity index (χ3n) is 4.87. The number of hydrogen-bond donors (Lipinski definition) is 1. The molecule has 0 fully saturated rings. The van der Waals surface area contributed by atoms with Crippen LogP contribution in [0.1, 0.15) is 11.4 Å². The van der Waals surface area contributed by atoms with Crippen molar-refractivity contribution >= 4 is 40.5 Å². The Morgan fingerprint density at radius 3 is 2.42 bits per heavy atom. The van der Waals surface area contributed by atoms with Gasteiger partial charge in [-0.15, -0.1) is 0 Å². The first-order valence-electron chi connectivity index (χ1n) is 10.1. The maximum Gasteiger partial charge on any atom is 0.154 e. The lowest BCUT2D eigenvalue weighted by molar-refractivity contribution is 0.425. The van der Waals surface area contributed by atoms with Gasteiger partial charge in [0.05, 0.1) is 5.52 Å². The van der Waals surface area contributed by atoms with Gasteiger partial charge in [0, 0.05) is 35.9 Å². The molecule has 0 atom stereocenters. The topological polar surface area (TPSA) is 53.9 Å². The van der Waals surface area contributed by atoms with Gasteiger partial charge < -0.3 is 10.2 Å². The molecule has 0 radical (unpaired) electrons. The summed E-state index contributed by atoms with van der Waals surface area (Å²) < 4.78 is 0. The van der Waals surface area contributed by atoms with E-state index in [1.54, 1.807) is 12.4 Å². The van der Waals surface area contributed by atoms with E-state index in [2.05, 4.69) is 41.4 Å². The molecule has 0 spiro atoms. The quantitative estimate of drug-likeness (QED) is 0.421. The zero-order chi connectivity index (χ0) is 21.6. The molecule has 156 valence electrons. The number of nitrogens with zero attached hydrogens (tertiary/aromatic N) is 4. The van der Waals surface area contributed by atoms with Crippen LogP contribution in [0.5, 0.6) is 0 Å². The zero-order valence-corrected chi connectivity index (χ0v) is 18.3. The van der Waals surface area contributed by atoms with Crippen LogP contribution in [-0.2, 0) is 0 Å². The van der Waals surface area contributed by atoms with Crippen molar-refractivity contribution in [2.75, 3.05) is 32.5 Å². The lowest BCUT2D eigenvalue weighted by atomic mass is 10.0. The van der Waals surface area contributed by atoms with Crippen LogP contribution in [-0.4, -0.2) is 47.0 Å².